The quantitative estimate of drug-likeness (QED) is 0.361. The molecule has 10 heteroatoms. The van der Waals surface area contributed by atoms with Gasteiger partial charge in [-0.2, -0.15) is 13.2 Å². The Kier molecular flexibility index (Phi) is 9.29. The summed E-state index contributed by atoms with van der Waals surface area (Å²) in [7, 11) is 1.60. The number of hydrogen-bond acceptors (Lipinski definition) is 5. The number of fused-ring (bicyclic) bond motifs is 1. The average Bonchev–Trinajstić information content (AvgIpc) is 3.12. The van der Waals surface area contributed by atoms with Gasteiger partial charge < -0.3 is 24.6 Å². The summed E-state index contributed by atoms with van der Waals surface area (Å²) in [5.74, 6) is 0.819. The number of ether oxygens (including phenoxy) is 2. The Balaban J connectivity index is 1.18. The molecule has 0 saturated carbocycles. The predicted octanol–water partition coefficient (Wildman–Crippen LogP) is 4.57. The van der Waals surface area contributed by atoms with Crippen molar-refractivity contribution in [1.29, 1.82) is 0 Å². The standard InChI is InChI=1S/C34H36F3N3O4/c1-22-16-26-5-4-23(2)39(21-27(26)17-31(22)32(41)38-14-15-43-3)18-24-19-40(20-24)33(42)25-6-10-29(11-7-25)44-30-12-8-28(9-13-30)34(35,36)37/h5-13,16-17,21,23-24H,4,14-15,18-20H2,1-3H3,(H,38,41). The van der Waals surface area contributed by atoms with E-state index in [4.69, 9.17) is 9.47 Å². The maximum absolute atomic E-state index is 13.1. The Morgan fingerprint density at radius 1 is 0.977 bits per heavy atom. The largest absolute Gasteiger partial charge is 0.457 e. The summed E-state index contributed by atoms with van der Waals surface area (Å²) in [6.07, 6.45) is 0.821. The lowest BCUT2D eigenvalue weighted by Crippen LogP contribution is -2.54. The second kappa shape index (κ2) is 13.1. The third kappa shape index (κ3) is 7.24. The van der Waals surface area contributed by atoms with Crippen LogP contribution >= 0.6 is 0 Å². The Morgan fingerprint density at radius 2 is 1.64 bits per heavy atom. The topological polar surface area (TPSA) is 71.1 Å². The fourth-order valence-electron chi connectivity index (χ4n) is 5.46. The van der Waals surface area contributed by atoms with Gasteiger partial charge in [0.05, 0.1) is 12.2 Å². The van der Waals surface area contributed by atoms with Crippen LogP contribution < -0.4 is 20.5 Å². The molecule has 1 saturated heterocycles. The van der Waals surface area contributed by atoms with E-state index in [1.54, 1.807) is 31.4 Å². The molecule has 3 aromatic rings. The number of carbonyl (C=O) groups excluding carboxylic acids is 2. The number of rotatable bonds is 9. The summed E-state index contributed by atoms with van der Waals surface area (Å²) >= 11 is 0. The first kappa shape index (κ1) is 31.1. The van der Waals surface area contributed by atoms with Crippen molar-refractivity contribution in [3.05, 3.63) is 93.4 Å². The molecule has 0 aromatic heterocycles. The molecule has 0 spiro atoms. The number of halogens is 3. The molecular weight excluding hydrogens is 571 g/mol. The minimum atomic E-state index is -4.41. The van der Waals surface area contributed by atoms with E-state index in [0.29, 0.717) is 49.0 Å². The molecule has 1 fully saturated rings. The van der Waals surface area contributed by atoms with Crippen LogP contribution in [0.4, 0.5) is 13.2 Å². The van der Waals surface area contributed by atoms with Crippen LogP contribution in [0.3, 0.4) is 0 Å². The Hall–Kier alpha value is -4.31. The molecule has 3 aromatic carbocycles. The van der Waals surface area contributed by atoms with E-state index in [1.165, 1.54) is 12.1 Å². The Bertz CT molecular complexity index is 1620. The van der Waals surface area contributed by atoms with Crippen LogP contribution in [0.2, 0.25) is 0 Å². The molecule has 7 nitrogen and oxygen atoms in total. The zero-order chi connectivity index (χ0) is 31.4. The molecule has 1 unspecified atom stereocenters. The second-order valence-electron chi connectivity index (χ2n) is 11.4. The minimum Gasteiger partial charge on any atom is -0.457 e. The molecule has 232 valence electrons. The molecule has 0 bridgehead atoms. The minimum absolute atomic E-state index is 0.0755. The smallest absolute Gasteiger partial charge is 0.416 e. The molecule has 2 aliphatic rings. The second-order valence-corrected chi connectivity index (χ2v) is 11.4. The number of amides is 2. The number of benzene rings is 3. The normalized spacial score (nSPS) is 16.6. The van der Waals surface area contributed by atoms with E-state index in [-0.39, 0.29) is 23.6 Å². The summed E-state index contributed by atoms with van der Waals surface area (Å²) in [6, 6.07) is 15.4. The fraction of sp³-hybridized carbons (Fsp3) is 0.353. The van der Waals surface area contributed by atoms with Crippen molar-refractivity contribution in [1.82, 2.24) is 15.1 Å². The van der Waals surface area contributed by atoms with Gasteiger partial charge in [0.2, 0.25) is 0 Å². The fourth-order valence-corrected chi connectivity index (χ4v) is 5.46. The number of alkyl halides is 3. The van der Waals surface area contributed by atoms with Gasteiger partial charge in [0, 0.05) is 62.6 Å². The molecule has 1 N–H and O–H groups in total. The van der Waals surface area contributed by atoms with E-state index >= 15 is 0 Å². The highest BCUT2D eigenvalue weighted by molar-refractivity contribution is 5.96. The van der Waals surface area contributed by atoms with Crippen LogP contribution in [0.5, 0.6) is 11.5 Å². The highest BCUT2D eigenvalue weighted by Crippen LogP contribution is 2.31. The van der Waals surface area contributed by atoms with Gasteiger partial charge >= 0.3 is 6.18 Å². The third-order valence-electron chi connectivity index (χ3n) is 8.05. The molecule has 44 heavy (non-hydrogen) atoms. The molecule has 2 aliphatic heterocycles. The number of nitrogens with one attached hydrogen (secondary N) is 1. The lowest BCUT2D eigenvalue weighted by molar-refractivity contribution is -0.137. The molecule has 1 atom stereocenters. The number of likely N-dealkylation sites (tertiary alicyclic amines) is 1. The number of nitrogens with zero attached hydrogens (tertiary/aromatic N) is 2. The van der Waals surface area contributed by atoms with Crippen molar-refractivity contribution in [2.45, 2.75) is 32.5 Å². The lowest BCUT2D eigenvalue weighted by atomic mass is 9.97. The van der Waals surface area contributed by atoms with Crippen molar-refractivity contribution >= 4 is 24.1 Å². The first-order valence-corrected chi connectivity index (χ1v) is 14.6. The van der Waals surface area contributed by atoms with Gasteiger partial charge in [0.1, 0.15) is 11.5 Å². The van der Waals surface area contributed by atoms with Crippen LogP contribution in [0, 0.1) is 12.8 Å². The molecular formula is C34H36F3N3O4. The number of carbonyl (C=O) groups is 2. The molecule has 5 rings (SSSR count). The number of aryl methyl sites for hydroxylation is 1. The monoisotopic (exact) mass is 607 g/mol. The van der Waals surface area contributed by atoms with Gasteiger partial charge in [0.15, 0.2) is 0 Å². The van der Waals surface area contributed by atoms with Crippen molar-refractivity contribution in [2.75, 3.05) is 39.9 Å². The SMILES string of the molecule is COCCNC(=O)c1cc2c(cc1C)=CCC(C)N(CC1CN(C(=O)c3ccc(Oc4ccc(C(F)(F)F)cc4)cc3)C1)C=2. The zero-order valence-electron chi connectivity index (χ0n) is 25.0. The van der Waals surface area contributed by atoms with Gasteiger partial charge in [0.25, 0.3) is 11.8 Å². The van der Waals surface area contributed by atoms with Crippen molar-refractivity contribution in [2.24, 2.45) is 5.92 Å². The Labute approximate surface area is 254 Å². The Morgan fingerprint density at radius 3 is 2.27 bits per heavy atom. The van der Waals surface area contributed by atoms with Crippen LogP contribution in [0.25, 0.3) is 12.3 Å². The van der Waals surface area contributed by atoms with Crippen molar-refractivity contribution in [3.63, 3.8) is 0 Å². The summed E-state index contributed by atoms with van der Waals surface area (Å²) in [6.45, 7) is 7.09. The van der Waals surface area contributed by atoms with E-state index < -0.39 is 11.7 Å². The van der Waals surface area contributed by atoms with Gasteiger partial charge in [-0.05, 0) is 90.9 Å². The maximum atomic E-state index is 13.1. The predicted molar refractivity (Wildman–Crippen MR) is 162 cm³/mol. The third-order valence-corrected chi connectivity index (χ3v) is 8.05. The first-order chi connectivity index (χ1) is 21.0. The molecule has 0 aliphatic carbocycles. The lowest BCUT2D eigenvalue weighted by Gasteiger charge is -2.42. The van der Waals surface area contributed by atoms with E-state index in [2.05, 4.69) is 35.5 Å². The molecule has 2 amide bonds. The summed E-state index contributed by atoms with van der Waals surface area (Å²) < 4.78 is 49.0. The highest BCUT2D eigenvalue weighted by Gasteiger charge is 2.33. The summed E-state index contributed by atoms with van der Waals surface area (Å²) in [4.78, 5) is 30.0. The van der Waals surface area contributed by atoms with E-state index in [1.807, 2.05) is 17.9 Å². The number of hydrogen-bond donors (Lipinski definition) is 1. The van der Waals surface area contributed by atoms with Crippen molar-refractivity contribution < 1.29 is 32.2 Å². The maximum Gasteiger partial charge on any atom is 0.416 e. The molecule has 2 heterocycles. The zero-order valence-corrected chi connectivity index (χ0v) is 25.0. The van der Waals surface area contributed by atoms with E-state index in [9.17, 15) is 22.8 Å². The molecule has 0 radical (unpaired) electrons. The number of methoxy groups -OCH3 is 1. The van der Waals surface area contributed by atoms with Gasteiger partial charge in [-0.25, -0.2) is 0 Å². The van der Waals surface area contributed by atoms with Crippen LogP contribution in [0.15, 0.2) is 60.7 Å². The first-order valence-electron chi connectivity index (χ1n) is 14.6. The van der Waals surface area contributed by atoms with E-state index in [0.717, 1.165) is 41.1 Å². The van der Waals surface area contributed by atoms with Crippen LogP contribution in [0.1, 0.15) is 45.2 Å². The van der Waals surface area contributed by atoms with Gasteiger partial charge in [-0.3, -0.25) is 9.59 Å². The average molecular weight is 608 g/mol. The van der Waals surface area contributed by atoms with Gasteiger partial charge in [-0.1, -0.05) is 12.1 Å². The summed E-state index contributed by atoms with van der Waals surface area (Å²) in [5.41, 5.74) is 1.35. The summed E-state index contributed by atoms with van der Waals surface area (Å²) in [5, 5.41) is 5.02. The van der Waals surface area contributed by atoms with Crippen molar-refractivity contribution in [3.8, 4) is 11.5 Å². The van der Waals surface area contributed by atoms with Crippen LogP contribution in [-0.2, 0) is 10.9 Å². The van der Waals surface area contributed by atoms with Crippen LogP contribution in [-0.4, -0.2) is 67.6 Å². The highest BCUT2D eigenvalue weighted by atomic mass is 19.4. The van der Waals surface area contributed by atoms with Gasteiger partial charge in [-0.15, -0.1) is 0 Å².